The van der Waals surface area contributed by atoms with Gasteiger partial charge >= 0.3 is 107 Å². The zero-order chi connectivity index (χ0) is 60.0. The van der Waals surface area contributed by atoms with Crippen molar-refractivity contribution in [2.24, 2.45) is 22.9 Å². The van der Waals surface area contributed by atoms with Crippen LogP contribution in [0.4, 0.5) is 0 Å². The third kappa shape index (κ3) is 30.6. The molecular formula is C44H54N4O30. The van der Waals surface area contributed by atoms with Crippen LogP contribution in [0.25, 0.3) is 0 Å². The normalized spacial score (nSPS) is 13.9. The van der Waals surface area contributed by atoms with Crippen LogP contribution in [-0.4, -0.2) is 166 Å². The molecular weight excluding hydrogens is 1060 g/mol. The van der Waals surface area contributed by atoms with Crippen molar-refractivity contribution >= 4 is 107 Å². The van der Waals surface area contributed by atoms with Crippen LogP contribution in [0.3, 0.4) is 0 Å². The molecule has 0 aromatic heterocycles. The Labute approximate surface area is 438 Å². The largest absolute Gasteiger partial charge is 0.451 e. The van der Waals surface area contributed by atoms with Crippen LogP contribution < -0.4 is 22.9 Å². The Balaban J connectivity index is 4.61. The molecule has 4 unspecified atom stereocenters. The van der Waals surface area contributed by atoms with Crippen LogP contribution in [0.2, 0.25) is 0 Å². The van der Waals surface area contributed by atoms with E-state index in [4.69, 9.17) is 42.6 Å². The van der Waals surface area contributed by atoms with Crippen molar-refractivity contribution in [3.8, 4) is 0 Å². The van der Waals surface area contributed by atoms with Crippen LogP contribution in [0.5, 0.6) is 0 Å². The molecule has 0 heterocycles. The molecule has 10 N–H and O–H groups in total. The van der Waals surface area contributed by atoms with Gasteiger partial charge in [0.25, 0.3) is 0 Å². The first-order valence-corrected chi connectivity index (χ1v) is 22.4. The topological polar surface area (TPSA) is 544 Å². The fourth-order valence-corrected chi connectivity index (χ4v) is 4.47. The lowest BCUT2D eigenvalue weighted by atomic mass is 10.2. The van der Waals surface area contributed by atoms with E-state index in [1.807, 2.05) is 0 Å². The second-order valence-electron chi connectivity index (χ2n) is 15.5. The highest BCUT2D eigenvalue weighted by molar-refractivity contribution is 6.02. The molecule has 0 amide bonds. The Morgan fingerprint density at radius 3 is 0.718 bits per heavy atom. The van der Waals surface area contributed by atoms with Crippen LogP contribution in [-0.2, 0) is 134 Å². The SMILES string of the molecule is CC(O)C(=O)OC(=O)CC[C@H](N)C(=O)OC(=O)/C=C\C(=O)OC(=O)[C@@H](N)CCC(=O)OC(=O)C(C)OC(=O)CCC(=O)OC(C)C(=O)OC(=O)CC[C@H](N)C(=O)OC(=O)/C=C\C(=O)OC(=O)[C@@H](N)CCC(=O)OC(=O)C(C)O. The lowest BCUT2D eigenvalue weighted by Crippen LogP contribution is -2.35. The Morgan fingerprint density at radius 2 is 0.513 bits per heavy atom. The molecule has 0 aliphatic rings. The van der Waals surface area contributed by atoms with E-state index in [0.29, 0.717) is 24.3 Å². The van der Waals surface area contributed by atoms with Gasteiger partial charge in [0.2, 0.25) is 0 Å². The van der Waals surface area contributed by atoms with Gasteiger partial charge in [0.05, 0.1) is 12.8 Å². The van der Waals surface area contributed by atoms with Gasteiger partial charge in [-0.3, -0.25) is 28.8 Å². The number of aliphatic hydroxyl groups excluding tert-OH is 2. The highest BCUT2D eigenvalue weighted by atomic mass is 16.6. The summed E-state index contributed by atoms with van der Waals surface area (Å²) in [4.78, 5) is 214. The minimum Gasteiger partial charge on any atom is -0.451 e. The minimum atomic E-state index is -1.75. The average molecular weight is 1120 g/mol. The maximum absolute atomic E-state index is 12.2. The number of hydrogen-bond acceptors (Lipinski definition) is 34. The standard InChI is InChI=1S/C44H54N4O30/c1-19(49)37(61)71-29(53)9-5-23(45)41(65)75-33(57)15-17-35(59)77-43(67)25(47)7-11-31(55)73-39(63)21(3)69-27(51)13-14-28(52)70-22(4)40(64)74-32(56)12-8-26(48)44(68)78-36(60)18-16-34(58)76-42(66)24(46)6-10-30(54)72-38(62)20(2)50/h15-26,49-50H,5-14,45-48H2,1-4H3/b17-15-,18-16-/t19?,20?,21?,22?,23-,24-,25-,26-/m0/s1. The molecule has 8 atom stereocenters. The molecule has 0 aliphatic heterocycles. The third-order valence-corrected chi connectivity index (χ3v) is 8.72. The number of aliphatic hydroxyl groups is 2. The van der Waals surface area contributed by atoms with Gasteiger partial charge in [-0.15, -0.1) is 0 Å². The maximum atomic E-state index is 12.2. The number of rotatable bonds is 29. The van der Waals surface area contributed by atoms with Crippen LogP contribution in [0.15, 0.2) is 24.3 Å². The molecule has 0 saturated heterocycles. The summed E-state index contributed by atoms with van der Waals surface area (Å²) in [6.45, 7) is 4.01. The molecule has 0 saturated carbocycles. The first kappa shape index (κ1) is 69.3. The second kappa shape index (κ2) is 35.5. The van der Waals surface area contributed by atoms with E-state index in [-0.39, 0.29) is 0 Å². The van der Waals surface area contributed by atoms with E-state index in [2.05, 4.69) is 37.9 Å². The number of carbonyl (C=O) groups is 18. The van der Waals surface area contributed by atoms with Gasteiger partial charge < -0.3 is 80.5 Å². The van der Waals surface area contributed by atoms with Gasteiger partial charge in [0.15, 0.2) is 12.2 Å². The molecule has 78 heavy (non-hydrogen) atoms. The van der Waals surface area contributed by atoms with Crippen molar-refractivity contribution in [1.82, 2.24) is 0 Å². The quantitative estimate of drug-likeness (QED) is 0.0176. The first-order chi connectivity index (χ1) is 36.2. The summed E-state index contributed by atoms with van der Waals surface area (Å²) in [5, 5.41) is 18.0. The van der Waals surface area contributed by atoms with Crippen molar-refractivity contribution in [2.45, 2.75) is 140 Å². The molecule has 34 heteroatoms. The van der Waals surface area contributed by atoms with Crippen molar-refractivity contribution in [1.29, 1.82) is 0 Å². The number of nitrogens with two attached hydrogens (primary N) is 4. The zero-order valence-corrected chi connectivity index (χ0v) is 41.6. The molecule has 0 spiro atoms. The van der Waals surface area contributed by atoms with Crippen molar-refractivity contribution in [3.63, 3.8) is 0 Å². The molecule has 0 fully saturated rings. The van der Waals surface area contributed by atoms with E-state index in [1.165, 1.54) is 0 Å². The number of carbonyl (C=O) groups excluding carboxylic acids is 18. The number of esters is 18. The Kier molecular flexibility index (Phi) is 31.6. The fourth-order valence-electron chi connectivity index (χ4n) is 4.47. The summed E-state index contributed by atoms with van der Waals surface area (Å²) in [5.41, 5.74) is 22.1. The van der Waals surface area contributed by atoms with E-state index < -0.39 is 220 Å². The molecule has 430 valence electrons. The van der Waals surface area contributed by atoms with Gasteiger partial charge in [0.1, 0.15) is 36.4 Å². The van der Waals surface area contributed by atoms with E-state index in [9.17, 15) is 86.3 Å². The lowest BCUT2D eigenvalue weighted by Gasteiger charge is -2.14. The highest BCUT2D eigenvalue weighted by Crippen LogP contribution is 2.09. The highest BCUT2D eigenvalue weighted by Gasteiger charge is 2.29. The first-order valence-electron chi connectivity index (χ1n) is 22.4. The summed E-state index contributed by atoms with van der Waals surface area (Å²) in [7, 11) is 0. The predicted octanol–water partition coefficient (Wildman–Crippen LogP) is -5.51. The van der Waals surface area contributed by atoms with E-state index in [1.54, 1.807) is 0 Å². The average Bonchev–Trinajstić information content (AvgIpc) is 3.35. The molecule has 34 nitrogen and oxygen atoms in total. The lowest BCUT2D eigenvalue weighted by molar-refractivity contribution is -0.175. The predicted molar refractivity (Wildman–Crippen MR) is 240 cm³/mol. The van der Waals surface area contributed by atoms with E-state index in [0.717, 1.165) is 27.7 Å². The van der Waals surface area contributed by atoms with Gasteiger partial charge in [-0.25, -0.2) is 57.5 Å². The van der Waals surface area contributed by atoms with Gasteiger partial charge in [-0.2, -0.15) is 0 Å². The van der Waals surface area contributed by atoms with Gasteiger partial charge in [0, 0.05) is 50.0 Å². The summed E-state index contributed by atoms with van der Waals surface area (Å²) in [6, 6.07) is -6.51. The Hall–Kier alpha value is -8.70. The van der Waals surface area contributed by atoms with Crippen molar-refractivity contribution < 1.29 is 144 Å². The molecule has 0 rings (SSSR count). The van der Waals surface area contributed by atoms with Crippen LogP contribution in [0.1, 0.15) is 91.9 Å². The maximum Gasteiger partial charge on any atom is 0.354 e. The minimum absolute atomic E-state index is 0.350. The van der Waals surface area contributed by atoms with Crippen molar-refractivity contribution in [3.05, 3.63) is 24.3 Å². The third-order valence-electron chi connectivity index (χ3n) is 8.72. The Bertz CT molecular complexity index is 2230. The summed E-state index contributed by atoms with van der Waals surface area (Å²) >= 11 is 0. The molecule has 0 aromatic carbocycles. The van der Waals surface area contributed by atoms with Gasteiger partial charge in [-0.05, 0) is 53.4 Å². The second-order valence-corrected chi connectivity index (χ2v) is 15.5. The Morgan fingerprint density at radius 1 is 0.308 bits per heavy atom. The molecule has 0 aromatic rings. The molecule has 0 radical (unpaired) electrons. The van der Waals surface area contributed by atoms with Crippen LogP contribution >= 0.6 is 0 Å². The smallest absolute Gasteiger partial charge is 0.354 e. The number of ether oxygens (including phenoxy) is 10. The number of hydrogen-bond donors (Lipinski definition) is 6. The summed E-state index contributed by atoms with van der Waals surface area (Å²) in [5.74, 6) is -24.1. The summed E-state index contributed by atoms with van der Waals surface area (Å²) in [6.07, 6.45) is -11.5. The molecule has 0 bridgehead atoms. The monoisotopic (exact) mass is 1120 g/mol. The van der Waals surface area contributed by atoms with Crippen molar-refractivity contribution in [2.75, 3.05) is 0 Å². The fraction of sp³-hybridized carbons (Fsp3) is 0.500. The zero-order valence-electron chi connectivity index (χ0n) is 41.6. The van der Waals surface area contributed by atoms with Gasteiger partial charge in [-0.1, -0.05) is 0 Å². The molecule has 0 aliphatic carbocycles. The summed E-state index contributed by atoms with van der Waals surface area (Å²) < 4.78 is 44.5. The van der Waals surface area contributed by atoms with E-state index >= 15 is 0 Å². The van der Waals surface area contributed by atoms with Crippen LogP contribution in [0, 0.1) is 0 Å².